The van der Waals surface area contributed by atoms with Crippen molar-refractivity contribution in [2.24, 2.45) is 5.92 Å². The van der Waals surface area contributed by atoms with Gasteiger partial charge in [0.05, 0.1) is 22.2 Å². The van der Waals surface area contributed by atoms with E-state index in [0.717, 1.165) is 20.7 Å². The van der Waals surface area contributed by atoms with Crippen molar-refractivity contribution in [2.45, 2.75) is 44.2 Å². The maximum absolute atomic E-state index is 13.0. The molecule has 132 valence electrons. The topological polar surface area (TPSA) is 41.6 Å². The van der Waals surface area contributed by atoms with Crippen LogP contribution in [0.2, 0.25) is 0 Å². The number of hydrogen-bond acceptors (Lipinski definition) is 4. The molecule has 25 heavy (non-hydrogen) atoms. The van der Waals surface area contributed by atoms with Crippen molar-refractivity contribution >= 4 is 27.3 Å². The Morgan fingerprint density at radius 3 is 2.88 bits per heavy atom. The van der Waals surface area contributed by atoms with Gasteiger partial charge in [0.25, 0.3) is 5.91 Å². The fourth-order valence-electron chi connectivity index (χ4n) is 4.95. The minimum atomic E-state index is 0.0914. The molecular weight excluding hydrogens is 332 g/mol. The summed E-state index contributed by atoms with van der Waals surface area (Å²) >= 11 is 1.55. The summed E-state index contributed by atoms with van der Waals surface area (Å²) in [7, 11) is 0. The fourth-order valence-corrected chi connectivity index (χ4v) is 5.98. The molecule has 1 amide bonds. The SMILES string of the molecule is CCOc1cccc2cc(C(=O)N[C@@H]3C4CCN(CC4)C34CC4)sc12. The molecule has 1 aromatic carbocycles. The lowest BCUT2D eigenvalue weighted by Crippen LogP contribution is -2.65. The van der Waals surface area contributed by atoms with Crippen LogP contribution in [0.3, 0.4) is 0 Å². The van der Waals surface area contributed by atoms with Crippen LogP contribution in [0.15, 0.2) is 24.3 Å². The van der Waals surface area contributed by atoms with Crippen LogP contribution < -0.4 is 10.1 Å². The van der Waals surface area contributed by atoms with E-state index in [9.17, 15) is 4.79 Å². The van der Waals surface area contributed by atoms with Crippen molar-refractivity contribution in [2.75, 3.05) is 19.7 Å². The van der Waals surface area contributed by atoms with Crippen molar-refractivity contribution < 1.29 is 9.53 Å². The summed E-state index contributed by atoms with van der Waals surface area (Å²) in [6.07, 6.45) is 4.95. The number of benzene rings is 1. The lowest BCUT2D eigenvalue weighted by Gasteiger charge is -2.52. The van der Waals surface area contributed by atoms with Gasteiger partial charge in [0.2, 0.25) is 0 Å². The molecule has 2 aromatic rings. The molecule has 3 saturated heterocycles. The number of piperidine rings is 3. The summed E-state index contributed by atoms with van der Waals surface area (Å²) in [5, 5.41) is 4.51. The Labute approximate surface area is 152 Å². The van der Waals surface area contributed by atoms with Crippen LogP contribution >= 0.6 is 11.3 Å². The molecule has 3 aliphatic heterocycles. The van der Waals surface area contributed by atoms with E-state index in [1.165, 1.54) is 38.8 Å². The Morgan fingerprint density at radius 1 is 1.36 bits per heavy atom. The number of thiophene rings is 1. The van der Waals surface area contributed by atoms with E-state index in [4.69, 9.17) is 4.74 Å². The summed E-state index contributed by atoms with van der Waals surface area (Å²) < 4.78 is 6.79. The number of rotatable bonds is 4. The molecule has 4 fully saturated rings. The Hall–Kier alpha value is -1.59. The highest BCUT2D eigenvalue weighted by Gasteiger charge is 2.60. The predicted octanol–water partition coefficient (Wildman–Crippen LogP) is 3.66. The van der Waals surface area contributed by atoms with Gasteiger partial charge in [-0.15, -0.1) is 11.3 Å². The molecule has 1 saturated carbocycles. The van der Waals surface area contributed by atoms with Crippen molar-refractivity contribution in [3.05, 3.63) is 29.1 Å². The van der Waals surface area contributed by atoms with Crippen molar-refractivity contribution in [1.29, 1.82) is 0 Å². The minimum absolute atomic E-state index is 0.0914. The molecule has 1 aliphatic carbocycles. The zero-order chi connectivity index (χ0) is 17.0. The molecular formula is C20H24N2O2S. The van der Waals surface area contributed by atoms with Crippen LogP contribution in [0, 0.1) is 5.92 Å². The highest BCUT2D eigenvalue weighted by Crippen LogP contribution is 2.53. The highest BCUT2D eigenvalue weighted by atomic mass is 32.1. The first-order valence-electron chi connectivity index (χ1n) is 9.42. The summed E-state index contributed by atoms with van der Waals surface area (Å²) in [4.78, 5) is 16.4. The van der Waals surface area contributed by atoms with Gasteiger partial charge in [-0.2, -0.15) is 0 Å². The molecule has 0 unspecified atom stereocenters. The quantitative estimate of drug-likeness (QED) is 0.909. The molecule has 1 atom stereocenters. The summed E-state index contributed by atoms with van der Waals surface area (Å²) in [6, 6.07) is 8.38. The van der Waals surface area contributed by atoms with E-state index >= 15 is 0 Å². The number of nitrogens with one attached hydrogen (secondary N) is 1. The third kappa shape index (κ3) is 2.40. The molecule has 4 heterocycles. The van der Waals surface area contributed by atoms with Crippen molar-refractivity contribution in [3.63, 3.8) is 0 Å². The Bertz CT molecular complexity index is 818. The average Bonchev–Trinajstić information content (AvgIpc) is 3.28. The summed E-state index contributed by atoms with van der Waals surface area (Å²) in [6.45, 7) is 5.07. The van der Waals surface area contributed by atoms with Gasteiger partial charge >= 0.3 is 0 Å². The zero-order valence-corrected chi connectivity index (χ0v) is 15.4. The number of fused-ring (bicyclic) bond motifs is 3. The lowest BCUT2D eigenvalue weighted by atomic mass is 9.77. The second-order valence-corrected chi connectivity index (χ2v) is 8.65. The van der Waals surface area contributed by atoms with E-state index in [0.29, 0.717) is 18.6 Å². The third-order valence-electron chi connectivity index (χ3n) is 6.30. The van der Waals surface area contributed by atoms with Gasteiger partial charge in [0.1, 0.15) is 5.75 Å². The second-order valence-electron chi connectivity index (χ2n) is 7.60. The van der Waals surface area contributed by atoms with Crippen LogP contribution in [0.5, 0.6) is 5.75 Å². The lowest BCUT2D eigenvalue weighted by molar-refractivity contribution is -0.00138. The van der Waals surface area contributed by atoms with Gasteiger partial charge in [0, 0.05) is 5.54 Å². The molecule has 4 aliphatic rings. The maximum Gasteiger partial charge on any atom is 0.261 e. The number of hydrogen-bond donors (Lipinski definition) is 1. The molecule has 1 aromatic heterocycles. The molecule has 1 N–H and O–H groups in total. The van der Waals surface area contributed by atoms with Gasteiger partial charge in [0.15, 0.2) is 0 Å². The number of carbonyl (C=O) groups is 1. The first-order valence-corrected chi connectivity index (χ1v) is 10.2. The number of ether oxygens (including phenoxy) is 1. The monoisotopic (exact) mass is 356 g/mol. The smallest absolute Gasteiger partial charge is 0.261 e. The van der Waals surface area contributed by atoms with E-state index < -0.39 is 0 Å². The number of nitrogens with zero attached hydrogens (tertiary/aromatic N) is 1. The molecule has 5 heteroatoms. The molecule has 0 radical (unpaired) electrons. The van der Waals surface area contributed by atoms with Crippen molar-refractivity contribution in [1.82, 2.24) is 10.2 Å². The first kappa shape index (κ1) is 15.6. The van der Waals surface area contributed by atoms with Crippen LogP contribution in [0.4, 0.5) is 0 Å². The zero-order valence-electron chi connectivity index (χ0n) is 14.6. The van der Waals surface area contributed by atoms with Crippen LogP contribution in [0.1, 0.15) is 42.3 Å². The van der Waals surface area contributed by atoms with E-state index in [1.807, 2.05) is 25.1 Å². The number of amides is 1. The maximum atomic E-state index is 13.0. The van der Waals surface area contributed by atoms with Crippen LogP contribution in [0.25, 0.3) is 10.1 Å². The molecule has 4 nitrogen and oxygen atoms in total. The average molecular weight is 356 g/mol. The van der Waals surface area contributed by atoms with Gasteiger partial charge in [-0.05, 0) is 69.1 Å². The van der Waals surface area contributed by atoms with E-state index in [1.54, 1.807) is 11.3 Å². The van der Waals surface area contributed by atoms with Gasteiger partial charge in [-0.1, -0.05) is 12.1 Å². The highest BCUT2D eigenvalue weighted by molar-refractivity contribution is 7.21. The Kier molecular flexibility index (Phi) is 3.57. The molecule has 1 spiro atoms. The van der Waals surface area contributed by atoms with Crippen molar-refractivity contribution in [3.8, 4) is 5.75 Å². The summed E-state index contributed by atoms with van der Waals surface area (Å²) in [5.74, 6) is 1.63. The van der Waals surface area contributed by atoms with Crippen LogP contribution in [-0.2, 0) is 0 Å². The van der Waals surface area contributed by atoms with E-state index in [-0.39, 0.29) is 11.4 Å². The fraction of sp³-hybridized carbons (Fsp3) is 0.550. The molecule has 6 rings (SSSR count). The number of carbonyl (C=O) groups excluding carboxylic acids is 1. The Morgan fingerprint density at radius 2 is 2.16 bits per heavy atom. The largest absolute Gasteiger partial charge is 0.492 e. The Balaban J connectivity index is 1.41. The predicted molar refractivity (Wildman–Crippen MR) is 101 cm³/mol. The summed E-state index contributed by atoms with van der Waals surface area (Å²) in [5.41, 5.74) is 0.282. The van der Waals surface area contributed by atoms with Gasteiger partial charge in [-0.25, -0.2) is 0 Å². The standard InChI is InChI=1S/C20H24N2O2S/c1-2-24-15-5-3-4-14-12-16(25-17(14)15)19(23)21-18-13-6-10-22(11-7-13)20(18)8-9-20/h3-5,12-13,18H,2,6-11H2,1H3,(H,21,23)/t18-/m1/s1. The third-order valence-corrected chi connectivity index (χ3v) is 7.46. The van der Waals surface area contributed by atoms with E-state index in [2.05, 4.69) is 16.3 Å². The minimum Gasteiger partial charge on any atom is -0.492 e. The normalized spacial score (nSPS) is 29.1. The van der Waals surface area contributed by atoms with Gasteiger partial charge in [-0.3, -0.25) is 9.69 Å². The van der Waals surface area contributed by atoms with Gasteiger partial charge < -0.3 is 10.1 Å². The van der Waals surface area contributed by atoms with Crippen LogP contribution in [-0.4, -0.2) is 42.1 Å². The second kappa shape index (κ2) is 5.71. The molecule has 2 bridgehead atoms. The first-order chi connectivity index (χ1) is 12.2.